The van der Waals surface area contributed by atoms with Crippen molar-refractivity contribution < 1.29 is 23.8 Å². The maximum absolute atomic E-state index is 14.1. The number of ether oxygens (including phenoxy) is 2. The second kappa shape index (κ2) is 7.21. The molecule has 7 heteroatoms. The number of aromatic nitrogens is 1. The Morgan fingerprint density at radius 3 is 2.84 bits per heavy atom. The number of hydrogen-bond donors (Lipinski definition) is 1. The summed E-state index contributed by atoms with van der Waals surface area (Å²) in [6.07, 6.45) is 2.98. The molecule has 1 amide bonds. The van der Waals surface area contributed by atoms with Crippen molar-refractivity contribution in [1.82, 2.24) is 9.88 Å². The quantitative estimate of drug-likeness (QED) is 0.914. The third kappa shape index (κ3) is 3.71. The summed E-state index contributed by atoms with van der Waals surface area (Å²) in [6, 6.07) is 7.91. The molecule has 0 saturated heterocycles. The Morgan fingerprint density at radius 1 is 1.36 bits per heavy atom. The topological polar surface area (TPSA) is 71.9 Å². The van der Waals surface area contributed by atoms with Gasteiger partial charge in [0.1, 0.15) is 5.75 Å². The van der Waals surface area contributed by atoms with Crippen molar-refractivity contribution in [2.45, 2.75) is 6.42 Å². The molecule has 2 heterocycles. The van der Waals surface area contributed by atoms with Gasteiger partial charge in [-0.1, -0.05) is 6.08 Å². The molecule has 0 aliphatic carbocycles. The van der Waals surface area contributed by atoms with Gasteiger partial charge in [0.15, 0.2) is 11.6 Å². The van der Waals surface area contributed by atoms with Crippen LogP contribution in [-0.4, -0.2) is 41.3 Å². The first-order valence-electron chi connectivity index (χ1n) is 7.72. The minimum atomic E-state index is -0.946. The lowest BCUT2D eigenvalue weighted by Crippen LogP contribution is -2.33. The highest BCUT2D eigenvalue weighted by molar-refractivity contribution is 5.73. The van der Waals surface area contributed by atoms with Crippen LogP contribution >= 0.6 is 0 Å². The van der Waals surface area contributed by atoms with E-state index in [2.05, 4.69) is 4.98 Å². The molecule has 1 aromatic heterocycles. The van der Waals surface area contributed by atoms with Crippen LogP contribution in [0.2, 0.25) is 0 Å². The number of carbonyl (C=O) groups is 1. The molecule has 1 aromatic carbocycles. The van der Waals surface area contributed by atoms with Crippen molar-refractivity contribution in [3.8, 4) is 17.4 Å². The number of halogens is 1. The number of pyridine rings is 1. The van der Waals surface area contributed by atoms with E-state index in [0.29, 0.717) is 25.3 Å². The highest BCUT2D eigenvalue weighted by atomic mass is 19.1. The van der Waals surface area contributed by atoms with Gasteiger partial charge in [-0.2, -0.15) is 0 Å². The van der Waals surface area contributed by atoms with Gasteiger partial charge < -0.3 is 19.5 Å². The Morgan fingerprint density at radius 2 is 2.20 bits per heavy atom. The van der Waals surface area contributed by atoms with E-state index in [1.165, 1.54) is 24.1 Å². The van der Waals surface area contributed by atoms with Crippen LogP contribution < -0.4 is 9.47 Å². The van der Waals surface area contributed by atoms with Crippen molar-refractivity contribution in [2.24, 2.45) is 0 Å². The molecule has 0 spiro atoms. The van der Waals surface area contributed by atoms with Crippen molar-refractivity contribution in [1.29, 1.82) is 0 Å². The molecular weight excluding hydrogens is 327 g/mol. The van der Waals surface area contributed by atoms with E-state index in [0.717, 1.165) is 11.1 Å². The zero-order chi connectivity index (χ0) is 17.8. The largest absolute Gasteiger partial charge is 0.497 e. The fourth-order valence-corrected chi connectivity index (χ4v) is 2.60. The predicted molar refractivity (Wildman–Crippen MR) is 89.5 cm³/mol. The van der Waals surface area contributed by atoms with Gasteiger partial charge in [-0.15, -0.1) is 0 Å². The second-order valence-corrected chi connectivity index (χ2v) is 5.46. The Kier molecular flexibility index (Phi) is 4.83. The lowest BCUT2D eigenvalue weighted by atomic mass is 10.0. The van der Waals surface area contributed by atoms with E-state index in [9.17, 15) is 9.18 Å². The zero-order valence-corrected chi connectivity index (χ0v) is 13.6. The standard InChI is InChI=1S/C18H17FN2O4/c1-24-13-4-5-16(15(19)11-13)25-17-14(3-2-8-20-17)12-6-9-21(10-7-12)18(22)23/h2-6,8,11H,7,9-10H2,1H3,(H,22,23). The summed E-state index contributed by atoms with van der Waals surface area (Å²) in [6.45, 7) is 0.697. The van der Waals surface area contributed by atoms with Crippen molar-refractivity contribution >= 4 is 11.7 Å². The summed E-state index contributed by atoms with van der Waals surface area (Å²) in [5.41, 5.74) is 1.65. The molecule has 1 aliphatic heterocycles. The molecule has 2 aromatic rings. The smallest absolute Gasteiger partial charge is 0.407 e. The first kappa shape index (κ1) is 16.8. The number of methoxy groups -OCH3 is 1. The Balaban J connectivity index is 1.86. The number of hydrogen-bond acceptors (Lipinski definition) is 4. The van der Waals surface area contributed by atoms with E-state index in [-0.39, 0.29) is 11.6 Å². The van der Waals surface area contributed by atoms with Crippen LogP contribution in [0.1, 0.15) is 12.0 Å². The number of nitrogens with zero attached hydrogens (tertiary/aromatic N) is 2. The number of rotatable bonds is 4. The molecule has 0 unspecified atom stereocenters. The molecule has 0 radical (unpaired) electrons. The highest BCUT2D eigenvalue weighted by Gasteiger charge is 2.20. The average Bonchev–Trinajstić information content (AvgIpc) is 2.64. The monoisotopic (exact) mass is 344 g/mol. The Hall–Kier alpha value is -3.09. The van der Waals surface area contributed by atoms with Crippen LogP contribution in [0, 0.1) is 5.82 Å². The summed E-state index contributed by atoms with van der Waals surface area (Å²) in [4.78, 5) is 16.5. The van der Waals surface area contributed by atoms with Gasteiger partial charge in [0.05, 0.1) is 7.11 Å². The molecule has 0 bridgehead atoms. The van der Waals surface area contributed by atoms with Gasteiger partial charge in [-0.3, -0.25) is 0 Å². The fourth-order valence-electron chi connectivity index (χ4n) is 2.60. The van der Waals surface area contributed by atoms with Crippen molar-refractivity contribution in [3.05, 3.63) is 54.0 Å². The summed E-state index contributed by atoms with van der Waals surface area (Å²) in [5.74, 6) is 0.173. The van der Waals surface area contributed by atoms with Gasteiger partial charge in [0, 0.05) is 30.9 Å². The van der Waals surface area contributed by atoms with Crippen LogP contribution in [-0.2, 0) is 0 Å². The molecule has 25 heavy (non-hydrogen) atoms. The van der Waals surface area contributed by atoms with Crippen molar-refractivity contribution in [3.63, 3.8) is 0 Å². The Bertz CT molecular complexity index is 822. The molecule has 3 rings (SSSR count). The minimum Gasteiger partial charge on any atom is -0.497 e. The normalized spacial score (nSPS) is 14.0. The molecule has 130 valence electrons. The number of amides is 1. The molecule has 0 atom stereocenters. The summed E-state index contributed by atoms with van der Waals surface area (Å²) >= 11 is 0. The van der Waals surface area contributed by atoms with Gasteiger partial charge >= 0.3 is 6.09 Å². The lowest BCUT2D eigenvalue weighted by Gasteiger charge is -2.24. The van der Waals surface area contributed by atoms with E-state index in [4.69, 9.17) is 14.6 Å². The van der Waals surface area contributed by atoms with Crippen LogP contribution in [0.25, 0.3) is 5.57 Å². The van der Waals surface area contributed by atoms with E-state index in [1.54, 1.807) is 18.3 Å². The Labute approximate surface area is 144 Å². The predicted octanol–water partition coefficient (Wildman–Crippen LogP) is 3.79. The van der Waals surface area contributed by atoms with Crippen molar-refractivity contribution in [2.75, 3.05) is 20.2 Å². The fraction of sp³-hybridized carbons (Fsp3) is 0.222. The maximum Gasteiger partial charge on any atom is 0.407 e. The van der Waals surface area contributed by atoms with E-state index < -0.39 is 11.9 Å². The SMILES string of the molecule is COc1ccc(Oc2ncccc2C2=CCN(C(=O)O)CC2)c(F)c1. The van der Waals surface area contributed by atoms with Crippen LogP contribution in [0.4, 0.5) is 9.18 Å². The molecule has 0 fully saturated rings. The van der Waals surface area contributed by atoms with E-state index in [1.807, 2.05) is 12.1 Å². The van der Waals surface area contributed by atoms with Gasteiger partial charge in [-0.25, -0.2) is 14.2 Å². The van der Waals surface area contributed by atoms with Crippen LogP contribution in [0.15, 0.2) is 42.6 Å². The van der Waals surface area contributed by atoms with Crippen LogP contribution in [0.5, 0.6) is 17.4 Å². The highest BCUT2D eigenvalue weighted by Crippen LogP contribution is 2.33. The zero-order valence-electron chi connectivity index (χ0n) is 13.6. The first-order chi connectivity index (χ1) is 12.1. The van der Waals surface area contributed by atoms with Gasteiger partial charge in [0.25, 0.3) is 0 Å². The third-order valence-electron chi connectivity index (χ3n) is 3.94. The lowest BCUT2D eigenvalue weighted by molar-refractivity contribution is 0.150. The number of benzene rings is 1. The second-order valence-electron chi connectivity index (χ2n) is 5.46. The maximum atomic E-state index is 14.1. The molecule has 1 aliphatic rings. The summed E-state index contributed by atoms with van der Waals surface area (Å²) in [5, 5.41) is 9.03. The van der Waals surface area contributed by atoms with Gasteiger partial charge in [-0.05, 0) is 36.3 Å². The summed E-state index contributed by atoms with van der Waals surface area (Å²) in [7, 11) is 1.46. The molecule has 6 nitrogen and oxygen atoms in total. The third-order valence-corrected chi connectivity index (χ3v) is 3.94. The minimum absolute atomic E-state index is 0.0457. The van der Waals surface area contributed by atoms with Gasteiger partial charge in [0.2, 0.25) is 5.88 Å². The molecule has 1 N–H and O–H groups in total. The summed E-state index contributed by atoms with van der Waals surface area (Å²) < 4.78 is 24.7. The molecular formula is C18H17FN2O4. The first-order valence-corrected chi connectivity index (χ1v) is 7.72. The number of carboxylic acid groups (broad SMARTS) is 1. The molecule has 0 saturated carbocycles. The average molecular weight is 344 g/mol. The van der Waals surface area contributed by atoms with Crippen LogP contribution in [0.3, 0.4) is 0 Å². The van der Waals surface area contributed by atoms with E-state index >= 15 is 0 Å².